The molecule has 6 heteroatoms. The summed E-state index contributed by atoms with van der Waals surface area (Å²) in [6.07, 6.45) is 2.27. The van der Waals surface area contributed by atoms with Crippen LogP contribution in [0.1, 0.15) is 49.7 Å². The summed E-state index contributed by atoms with van der Waals surface area (Å²) in [5.74, 6) is 0.293. The van der Waals surface area contributed by atoms with Gasteiger partial charge in [0.2, 0.25) is 5.91 Å². The van der Waals surface area contributed by atoms with Crippen molar-refractivity contribution in [2.75, 3.05) is 39.3 Å². The SMILES string of the molecule is CCN1CCN(C(=O)[C@H](C)N2CCC[C@@H]2c2c(C)nn(C)c2C)CC1. The van der Waals surface area contributed by atoms with Crippen LogP contribution in [0.15, 0.2) is 0 Å². The Morgan fingerprint density at radius 2 is 1.88 bits per heavy atom. The molecule has 2 aliphatic rings. The monoisotopic (exact) mass is 347 g/mol. The largest absolute Gasteiger partial charge is 0.339 e. The minimum absolute atomic E-state index is 0.0558. The number of amides is 1. The van der Waals surface area contributed by atoms with Gasteiger partial charge in [0.25, 0.3) is 0 Å². The van der Waals surface area contributed by atoms with Crippen molar-refractivity contribution in [2.24, 2.45) is 7.05 Å². The molecule has 0 aromatic carbocycles. The third kappa shape index (κ3) is 3.47. The van der Waals surface area contributed by atoms with Crippen molar-refractivity contribution < 1.29 is 4.79 Å². The highest BCUT2D eigenvalue weighted by atomic mass is 16.2. The molecule has 25 heavy (non-hydrogen) atoms. The lowest BCUT2D eigenvalue weighted by Crippen LogP contribution is -2.54. The zero-order chi connectivity index (χ0) is 18.1. The molecule has 1 amide bonds. The van der Waals surface area contributed by atoms with Gasteiger partial charge >= 0.3 is 0 Å². The lowest BCUT2D eigenvalue weighted by molar-refractivity contribution is -0.138. The number of likely N-dealkylation sites (N-methyl/N-ethyl adjacent to an activating group) is 1. The first-order valence-corrected chi connectivity index (χ1v) is 9.71. The molecule has 2 saturated heterocycles. The van der Waals surface area contributed by atoms with Crippen molar-refractivity contribution in [3.05, 3.63) is 17.0 Å². The first-order chi connectivity index (χ1) is 11.9. The van der Waals surface area contributed by atoms with Crippen LogP contribution in [0.4, 0.5) is 0 Å². The zero-order valence-corrected chi connectivity index (χ0v) is 16.5. The highest BCUT2D eigenvalue weighted by Crippen LogP contribution is 2.37. The maximum atomic E-state index is 13.1. The Kier molecular flexibility index (Phi) is 5.49. The topological polar surface area (TPSA) is 44.6 Å². The van der Waals surface area contributed by atoms with E-state index in [1.807, 2.05) is 11.7 Å². The summed E-state index contributed by atoms with van der Waals surface area (Å²) in [4.78, 5) is 20.0. The van der Waals surface area contributed by atoms with Crippen LogP contribution in [0.5, 0.6) is 0 Å². The molecule has 1 aromatic rings. The number of likely N-dealkylation sites (tertiary alicyclic amines) is 1. The van der Waals surface area contributed by atoms with Crippen LogP contribution in [-0.2, 0) is 11.8 Å². The Morgan fingerprint density at radius 1 is 1.20 bits per heavy atom. The summed E-state index contributed by atoms with van der Waals surface area (Å²) in [5.41, 5.74) is 3.66. The Balaban J connectivity index is 1.72. The fourth-order valence-electron chi connectivity index (χ4n) is 4.53. The quantitative estimate of drug-likeness (QED) is 0.832. The van der Waals surface area contributed by atoms with Crippen molar-refractivity contribution >= 4 is 5.91 Å². The maximum absolute atomic E-state index is 13.1. The van der Waals surface area contributed by atoms with Gasteiger partial charge in [-0.25, -0.2) is 0 Å². The summed E-state index contributed by atoms with van der Waals surface area (Å²) < 4.78 is 1.97. The third-order valence-corrected chi connectivity index (χ3v) is 6.18. The summed E-state index contributed by atoms with van der Waals surface area (Å²) in [6, 6.07) is 0.268. The van der Waals surface area contributed by atoms with Crippen LogP contribution in [0.25, 0.3) is 0 Å². The number of carbonyl (C=O) groups excluding carboxylic acids is 1. The lowest BCUT2D eigenvalue weighted by atomic mass is 10.0. The molecule has 6 nitrogen and oxygen atoms in total. The molecule has 0 aliphatic carbocycles. The van der Waals surface area contributed by atoms with E-state index in [4.69, 9.17) is 0 Å². The standard InChI is InChI=1S/C19H33N5O/c1-6-22-10-12-23(13-11-22)19(25)16(4)24-9-7-8-17(24)18-14(2)20-21(5)15(18)3/h16-17H,6-13H2,1-5H3/t16-,17+/m0/s1. The Morgan fingerprint density at radius 3 is 2.44 bits per heavy atom. The molecule has 0 N–H and O–H groups in total. The molecule has 0 bridgehead atoms. The first-order valence-electron chi connectivity index (χ1n) is 9.71. The van der Waals surface area contributed by atoms with Gasteiger partial charge in [-0.05, 0) is 46.7 Å². The molecule has 3 heterocycles. The first kappa shape index (κ1) is 18.4. The second kappa shape index (κ2) is 7.46. The van der Waals surface area contributed by atoms with Crippen LogP contribution < -0.4 is 0 Å². The molecule has 140 valence electrons. The van der Waals surface area contributed by atoms with E-state index in [2.05, 4.69) is 47.5 Å². The second-order valence-corrected chi connectivity index (χ2v) is 7.54. The third-order valence-electron chi connectivity index (χ3n) is 6.18. The van der Waals surface area contributed by atoms with Crippen LogP contribution in [0.3, 0.4) is 0 Å². The van der Waals surface area contributed by atoms with Crippen molar-refractivity contribution in [1.29, 1.82) is 0 Å². The van der Waals surface area contributed by atoms with Crippen LogP contribution in [0.2, 0.25) is 0 Å². The zero-order valence-electron chi connectivity index (χ0n) is 16.5. The molecular formula is C19H33N5O. The summed E-state index contributed by atoms with van der Waals surface area (Å²) in [5, 5.41) is 4.59. The van der Waals surface area contributed by atoms with E-state index in [1.165, 1.54) is 11.3 Å². The van der Waals surface area contributed by atoms with E-state index in [1.54, 1.807) is 0 Å². The van der Waals surface area contributed by atoms with Crippen molar-refractivity contribution in [2.45, 2.75) is 52.6 Å². The van der Waals surface area contributed by atoms with Gasteiger partial charge in [0.05, 0.1) is 11.7 Å². The van der Waals surface area contributed by atoms with E-state index >= 15 is 0 Å². The molecular weight excluding hydrogens is 314 g/mol. The molecule has 0 saturated carbocycles. The van der Waals surface area contributed by atoms with Crippen LogP contribution in [0, 0.1) is 13.8 Å². The molecule has 3 rings (SSSR count). The smallest absolute Gasteiger partial charge is 0.239 e. The second-order valence-electron chi connectivity index (χ2n) is 7.54. The van der Waals surface area contributed by atoms with Gasteiger partial charge in [0.1, 0.15) is 0 Å². The maximum Gasteiger partial charge on any atom is 0.239 e. The van der Waals surface area contributed by atoms with Gasteiger partial charge in [0, 0.05) is 50.5 Å². The number of carbonyl (C=O) groups is 1. The Hall–Kier alpha value is -1.40. The van der Waals surface area contributed by atoms with Crippen molar-refractivity contribution in [3.63, 3.8) is 0 Å². The lowest BCUT2D eigenvalue weighted by Gasteiger charge is -2.38. The number of hydrogen-bond acceptors (Lipinski definition) is 4. The molecule has 2 atom stereocenters. The number of hydrogen-bond donors (Lipinski definition) is 0. The summed E-state index contributed by atoms with van der Waals surface area (Å²) in [7, 11) is 2.01. The Labute approximate surface area is 151 Å². The van der Waals surface area contributed by atoms with Crippen LogP contribution in [-0.4, -0.2) is 75.7 Å². The average molecular weight is 348 g/mol. The summed E-state index contributed by atoms with van der Waals surface area (Å²) >= 11 is 0. The predicted molar refractivity (Wildman–Crippen MR) is 99.5 cm³/mol. The molecule has 0 unspecified atom stereocenters. The molecule has 1 aromatic heterocycles. The number of piperazine rings is 1. The molecule has 2 fully saturated rings. The normalized spacial score (nSPS) is 24.0. The minimum Gasteiger partial charge on any atom is -0.339 e. The Bertz CT molecular complexity index is 618. The fourth-order valence-corrected chi connectivity index (χ4v) is 4.53. The van der Waals surface area contributed by atoms with Gasteiger partial charge in [0.15, 0.2) is 0 Å². The highest BCUT2D eigenvalue weighted by Gasteiger charge is 2.37. The molecule has 0 spiro atoms. The van der Waals surface area contributed by atoms with Gasteiger partial charge in [-0.3, -0.25) is 14.4 Å². The minimum atomic E-state index is -0.0558. The highest BCUT2D eigenvalue weighted by molar-refractivity contribution is 5.81. The number of rotatable bonds is 4. The van der Waals surface area contributed by atoms with Crippen molar-refractivity contribution in [1.82, 2.24) is 24.5 Å². The number of aryl methyl sites for hydroxylation is 2. The van der Waals surface area contributed by atoms with E-state index in [9.17, 15) is 4.79 Å². The van der Waals surface area contributed by atoms with E-state index in [-0.39, 0.29) is 6.04 Å². The average Bonchev–Trinajstić information content (AvgIpc) is 3.18. The van der Waals surface area contributed by atoms with Crippen molar-refractivity contribution in [3.8, 4) is 0 Å². The van der Waals surface area contributed by atoms with E-state index in [0.29, 0.717) is 11.9 Å². The van der Waals surface area contributed by atoms with E-state index < -0.39 is 0 Å². The number of aromatic nitrogens is 2. The van der Waals surface area contributed by atoms with Crippen LogP contribution >= 0.6 is 0 Å². The van der Waals surface area contributed by atoms with Gasteiger partial charge in [-0.2, -0.15) is 5.10 Å². The summed E-state index contributed by atoms with van der Waals surface area (Å²) in [6.45, 7) is 14.3. The number of nitrogens with zero attached hydrogens (tertiary/aromatic N) is 5. The van der Waals surface area contributed by atoms with Gasteiger partial charge in [-0.15, -0.1) is 0 Å². The molecule has 2 aliphatic heterocycles. The van der Waals surface area contributed by atoms with Gasteiger partial charge in [-0.1, -0.05) is 6.92 Å². The fraction of sp³-hybridized carbons (Fsp3) is 0.789. The predicted octanol–water partition coefficient (Wildman–Crippen LogP) is 1.73. The van der Waals surface area contributed by atoms with E-state index in [0.717, 1.165) is 57.8 Å². The van der Waals surface area contributed by atoms with Gasteiger partial charge < -0.3 is 9.80 Å². The molecule has 0 radical (unpaired) electrons.